The Kier molecular flexibility index (Phi) is 3.22. The molecule has 2 heterocycles. The zero-order valence-corrected chi connectivity index (χ0v) is 10.7. The average molecular weight is 236 g/mol. The minimum Gasteiger partial charge on any atom is -0.476 e. The molecule has 0 bridgehead atoms. The summed E-state index contributed by atoms with van der Waals surface area (Å²) in [6, 6.07) is 0.428. The fraction of sp³-hybridized carbons (Fsp3) is 0.692. The Balaban J connectivity index is 2.59. The topological polar surface area (TPSA) is 55.1 Å². The molecule has 1 N–H and O–H groups in total. The van der Waals surface area contributed by atoms with E-state index in [1.165, 1.54) is 0 Å². The highest BCUT2D eigenvalue weighted by Crippen LogP contribution is 2.33. The fourth-order valence-electron chi connectivity index (χ4n) is 2.73. The van der Waals surface area contributed by atoms with Gasteiger partial charge in [0.05, 0.1) is 5.69 Å². The molecular formula is C13H20N2O2. The maximum atomic E-state index is 11.2. The van der Waals surface area contributed by atoms with Gasteiger partial charge in [0.2, 0.25) is 0 Å². The molecule has 17 heavy (non-hydrogen) atoms. The van der Waals surface area contributed by atoms with Gasteiger partial charge < -0.3 is 9.67 Å². The molecule has 2 rings (SSSR count). The van der Waals surface area contributed by atoms with Crippen LogP contribution in [0.15, 0.2) is 0 Å². The first kappa shape index (κ1) is 12.1. The third kappa shape index (κ3) is 1.96. The van der Waals surface area contributed by atoms with E-state index in [-0.39, 0.29) is 11.6 Å². The van der Waals surface area contributed by atoms with Crippen LogP contribution in [0.1, 0.15) is 74.0 Å². The van der Waals surface area contributed by atoms with Crippen LogP contribution in [0.25, 0.3) is 0 Å². The average Bonchev–Trinajstić information content (AvgIpc) is 2.68. The van der Waals surface area contributed by atoms with E-state index in [0.29, 0.717) is 6.04 Å². The summed E-state index contributed by atoms with van der Waals surface area (Å²) in [5.41, 5.74) is 1.20. The first-order chi connectivity index (χ1) is 8.06. The van der Waals surface area contributed by atoms with E-state index in [9.17, 15) is 9.90 Å². The summed E-state index contributed by atoms with van der Waals surface area (Å²) in [7, 11) is 0. The number of carbonyl (C=O) groups is 1. The van der Waals surface area contributed by atoms with Gasteiger partial charge in [0, 0.05) is 12.0 Å². The number of fused-ring (bicyclic) bond motifs is 1. The summed E-state index contributed by atoms with van der Waals surface area (Å²) in [5.74, 6) is 0.315. The van der Waals surface area contributed by atoms with Crippen LogP contribution in [-0.4, -0.2) is 20.6 Å². The van der Waals surface area contributed by atoms with Crippen molar-refractivity contribution in [3.05, 3.63) is 17.2 Å². The molecule has 1 aliphatic heterocycles. The van der Waals surface area contributed by atoms with Crippen molar-refractivity contribution in [2.24, 2.45) is 0 Å². The summed E-state index contributed by atoms with van der Waals surface area (Å²) in [6.07, 6.45) is 4.10. The monoisotopic (exact) mass is 236 g/mol. The fourth-order valence-corrected chi connectivity index (χ4v) is 2.73. The van der Waals surface area contributed by atoms with E-state index in [1.807, 2.05) is 0 Å². The number of hydrogen-bond donors (Lipinski definition) is 1. The van der Waals surface area contributed by atoms with E-state index in [2.05, 4.69) is 30.3 Å². The smallest absolute Gasteiger partial charge is 0.356 e. The predicted molar refractivity (Wildman–Crippen MR) is 65.5 cm³/mol. The lowest BCUT2D eigenvalue weighted by atomic mass is 9.99. The molecule has 4 nitrogen and oxygen atoms in total. The highest BCUT2D eigenvalue weighted by Gasteiger charge is 2.29. The highest BCUT2D eigenvalue weighted by atomic mass is 16.4. The minimum absolute atomic E-state index is 0.270. The summed E-state index contributed by atoms with van der Waals surface area (Å²) in [4.78, 5) is 15.6. The second-order valence-corrected chi connectivity index (χ2v) is 5.05. The van der Waals surface area contributed by atoms with Crippen molar-refractivity contribution in [1.82, 2.24) is 9.55 Å². The lowest BCUT2D eigenvalue weighted by molar-refractivity contribution is 0.0689. The molecule has 1 unspecified atom stereocenters. The molecule has 0 amide bonds. The molecule has 4 heteroatoms. The molecule has 1 aromatic rings. The standard InChI is InChI=1S/C13H20N2O2/c1-4-9-6-5-7-10-11(13(16)17)14-12(8(2)3)15(9)10/h8-9H,4-7H2,1-3H3,(H,16,17). The predicted octanol–water partition coefficient (Wildman–Crippen LogP) is 2.99. The summed E-state index contributed by atoms with van der Waals surface area (Å²) >= 11 is 0. The van der Waals surface area contributed by atoms with Crippen LogP contribution in [0, 0.1) is 0 Å². The summed E-state index contributed by atoms with van der Waals surface area (Å²) < 4.78 is 2.19. The van der Waals surface area contributed by atoms with Crippen molar-refractivity contribution in [1.29, 1.82) is 0 Å². The number of aromatic carboxylic acids is 1. The summed E-state index contributed by atoms with van der Waals surface area (Å²) in [5, 5.41) is 9.22. The van der Waals surface area contributed by atoms with Gasteiger partial charge in [-0.2, -0.15) is 0 Å². The van der Waals surface area contributed by atoms with Gasteiger partial charge >= 0.3 is 5.97 Å². The second kappa shape index (κ2) is 4.51. The maximum Gasteiger partial charge on any atom is 0.356 e. The molecule has 94 valence electrons. The van der Waals surface area contributed by atoms with E-state index in [0.717, 1.165) is 37.2 Å². The Morgan fingerprint density at radius 3 is 2.82 bits per heavy atom. The molecule has 1 aromatic heterocycles. The normalized spacial score (nSPS) is 19.4. The largest absolute Gasteiger partial charge is 0.476 e. The van der Waals surface area contributed by atoms with Crippen molar-refractivity contribution in [2.75, 3.05) is 0 Å². The van der Waals surface area contributed by atoms with Gasteiger partial charge in [-0.15, -0.1) is 0 Å². The second-order valence-electron chi connectivity index (χ2n) is 5.05. The molecule has 0 spiro atoms. The molecule has 0 radical (unpaired) electrons. The van der Waals surface area contributed by atoms with Crippen molar-refractivity contribution in [3.8, 4) is 0 Å². The Morgan fingerprint density at radius 1 is 1.59 bits per heavy atom. The Labute approximate surface area is 102 Å². The van der Waals surface area contributed by atoms with Crippen molar-refractivity contribution in [2.45, 2.75) is 58.4 Å². The zero-order chi connectivity index (χ0) is 12.6. The van der Waals surface area contributed by atoms with Crippen molar-refractivity contribution < 1.29 is 9.90 Å². The first-order valence-electron chi connectivity index (χ1n) is 6.40. The van der Waals surface area contributed by atoms with Crippen LogP contribution in [0.3, 0.4) is 0 Å². The van der Waals surface area contributed by atoms with Crippen LogP contribution in [0.2, 0.25) is 0 Å². The Hall–Kier alpha value is -1.32. The van der Waals surface area contributed by atoms with Gasteiger partial charge in [0.15, 0.2) is 5.69 Å². The van der Waals surface area contributed by atoms with Crippen LogP contribution in [0.4, 0.5) is 0 Å². The molecule has 0 aromatic carbocycles. The molecule has 0 saturated carbocycles. The zero-order valence-electron chi connectivity index (χ0n) is 10.7. The lowest BCUT2D eigenvalue weighted by Crippen LogP contribution is -2.20. The Morgan fingerprint density at radius 2 is 2.29 bits per heavy atom. The first-order valence-corrected chi connectivity index (χ1v) is 6.40. The number of carboxylic acid groups (broad SMARTS) is 1. The van der Waals surface area contributed by atoms with Gasteiger partial charge in [-0.3, -0.25) is 0 Å². The number of imidazole rings is 1. The number of nitrogens with zero attached hydrogens (tertiary/aromatic N) is 2. The van der Waals surface area contributed by atoms with E-state index >= 15 is 0 Å². The summed E-state index contributed by atoms with van der Waals surface area (Å²) in [6.45, 7) is 6.30. The molecule has 0 aliphatic carbocycles. The van der Waals surface area contributed by atoms with Gasteiger partial charge in [-0.1, -0.05) is 20.8 Å². The van der Waals surface area contributed by atoms with Crippen molar-refractivity contribution >= 4 is 5.97 Å². The van der Waals surface area contributed by atoms with E-state index < -0.39 is 5.97 Å². The van der Waals surface area contributed by atoms with Crippen LogP contribution < -0.4 is 0 Å². The van der Waals surface area contributed by atoms with Gasteiger partial charge in [0.1, 0.15) is 5.82 Å². The third-order valence-electron chi connectivity index (χ3n) is 3.54. The van der Waals surface area contributed by atoms with E-state index in [4.69, 9.17) is 0 Å². The maximum absolute atomic E-state index is 11.2. The van der Waals surface area contributed by atoms with Crippen molar-refractivity contribution in [3.63, 3.8) is 0 Å². The van der Waals surface area contributed by atoms with E-state index in [1.54, 1.807) is 0 Å². The van der Waals surface area contributed by atoms with Gasteiger partial charge in [-0.25, -0.2) is 9.78 Å². The van der Waals surface area contributed by atoms with Crippen LogP contribution >= 0.6 is 0 Å². The lowest BCUT2D eigenvalue weighted by Gasteiger charge is -2.27. The number of rotatable bonds is 3. The third-order valence-corrected chi connectivity index (χ3v) is 3.54. The molecular weight excluding hydrogens is 216 g/mol. The molecule has 1 atom stereocenters. The molecule has 0 saturated heterocycles. The Bertz CT molecular complexity index is 435. The molecule has 0 fully saturated rings. The SMILES string of the molecule is CCC1CCCc2c(C(=O)O)nc(C(C)C)n21. The van der Waals surface area contributed by atoms with Gasteiger partial charge in [0.25, 0.3) is 0 Å². The van der Waals surface area contributed by atoms with Gasteiger partial charge in [-0.05, 0) is 25.7 Å². The highest BCUT2D eigenvalue weighted by molar-refractivity contribution is 5.87. The van der Waals surface area contributed by atoms with Crippen LogP contribution in [-0.2, 0) is 6.42 Å². The molecule has 1 aliphatic rings. The number of aromatic nitrogens is 2. The van der Waals surface area contributed by atoms with Crippen LogP contribution in [0.5, 0.6) is 0 Å². The minimum atomic E-state index is -0.891. The number of carboxylic acids is 1. The quantitative estimate of drug-likeness (QED) is 0.877. The number of hydrogen-bond acceptors (Lipinski definition) is 2.